The van der Waals surface area contributed by atoms with E-state index >= 15 is 0 Å². The number of alkyl halides is 3. The quantitative estimate of drug-likeness (QED) is 0.363. The summed E-state index contributed by atoms with van der Waals surface area (Å²) in [6.07, 6.45) is -4.77. The van der Waals surface area contributed by atoms with Crippen LogP contribution in [0.3, 0.4) is 0 Å². The minimum Gasteiger partial charge on any atom is -0.350 e. The van der Waals surface area contributed by atoms with Crippen LogP contribution in [0.2, 0.25) is 5.02 Å². The SMILES string of the molecule is CC(C)(CNC(=O)c1cccc(-c2noc(C(F)(F)F)n2)n1)c1nc(-c2ccc(Cl)cc2)cs1. The van der Waals surface area contributed by atoms with Crippen molar-refractivity contribution in [3.05, 3.63) is 69.5 Å². The van der Waals surface area contributed by atoms with Gasteiger partial charge in [0.25, 0.3) is 5.91 Å². The van der Waals surface area contributed by atoms with Crippen LogP contribution in [0.15, 0.2) is 52.4 Å². The molecule has 0 spiro atoms. The van der Waals surface area contributed by atoms with E-state index in [1.807, 2.05) is 31.4 Å². The molecular weight excluding hydrogens is 491 g/mol. The van der Waals surface area contributed by atoms with Gasteiger partial charge in [-0.2, -0.15) is 18.2 Å². The molecule has 12 heteroatoms. The van der Waals surface area contributed by atoms with Gasteiger partial charge in [0.2, 0.25) is 5.82 Å². The number of nitrogens with one attached hydrogen (secondary N) is 1. The first-order valence-electron chi connectivity index (χ1n) is 9.91. The molecule has 1 aromatic carbocycles. The molecule has 0 aliphatic rings. The summed E-state index contributed by atoms with van der Waals surface area (Å²) in [6.45, 7) is 4.14. The van der Waals surface area contributed by atoms with Crippen molar-refractivity contribution < 1.29 is 22.5 Å². The van der Waals surface area contributed by atoms with Gasteiger partial charge in [0.15, 0.2) is 0 Å². The van der Waals surface area contributed by atoms with E-state index in [1.54, 1.807) is 12.1 Å². The number of hydrogen-bond donors (Lipinski definition) is 1. The van der Waals surface area contributed by atoms with Crippen LogP contribution in [0, 0.1) is 0 Å². The second-order valence-corrected chi connectivity index (χ2v) is 9.23. The summed E-state index contributed by atoms with van der Waals surface area (Å²) in [6, 6.07) is 11.7. The minimum absolute atomic E-state index is 0.00708. The van der Waals surface area contributed by atoms with E-state index in [0.29, 0.717) is 5.02 Å². The van der Waals surface area contributed by atoms with Crippen LogP contribution in [0.1, 0.15) is 35.2 Å². The molecule has 4 rings (SSSR count). The van der Waals surface area contributed by atoms with Gasteiger partial charge in [-0.05, 0) is 24.3 Å². The first-order chi connectivity index (χ1) is 16.0. The van der Waals surface area contributed by atoms with Crippen LogP contribution in [0.4, 0.5) is 13.2 Å². The van der Waals surface area contributed by atoms with Crippen molar-refractivity contribution in [2.45, 2.75) is 25.4 Å². The van der Waals surface area contributed by atoms with Gasteiger partial charge in [-0.1, -0.05) is 48.8 Å². The molecule has 0 saturated heterocycles. The third-order valence-electron chi connectivity index (χ3n) is 4.79. The fourth-order valence-corrected chi connectivity index (χ4v) is 4.01. The number of halogens is 4. The highest BCUT2D eigenvalue weighted by Gasteiger charge is 2.38. The standard InChI is InChI=1S/C22H17ClF3N5O2S/c1-21(2,20-29-16(10-34-20)12-6-8-13(23)9-7-12)11-27-18(32)15-5-3-4-14(28-15)17-30-19(33-31-17)22(24,25)26/h3-10H,11H2,1-2H3,(H,27,32). The van der Waals surface area contributed by atoms with Gasteiger partial charge in [-0.3, -0.25) is 4.79 Å². The lowest BCUT2D eigenvalue weighted by atomic mass is 9.94. The monoisotopic (exact) mass is 507 g/mol. The van der Waals surface area contributed by atoms with Crippen molar-refractivity contribution in [1.29, 1.82) is 0 Å². The molecule has 1 N–H and O–H groups in total. The van der Waals surface area contributed by atoms with Gasteiger partial charge in [-0.15, -0.1) is 11.3 Å². The summed E-state index contributed by atoms with van der Waals surface area (Å²) in [5.74, 6) is -2.34. The molecule has 0 aliphatic carbocycles. The van der Waals surface area contributed by atoms with Crippen molar-refractivity contribution in [1.82, 2.24) is 25.4 Å². The summed E-state index contributed by atoms with van der Waals surface area (Å²) < 4.78 is 42.3. The van der Waals surface area contributed by atoms with E-state index in [9.17, 15) is 18.0 Å². The number of aromatic nitrogens is 4. The third-order valence-corrected chi connectivity index (χ3v) is 6.25. The Morgan fingerprint density at radius 3 is 2.47 bits per heavy atom. The second-order valence-electron chi connectivity index (χ2n) is 7.94. The van der Waals surface area contributed by atoms with Gasteiger partial charge in [0.1, 0.15) is 16.4 Å². The fourth-order valence-electron chi connectivity index (χ4n) is 2.93. The number of rotatable bonds is 6. The second kappa shape index (κ2) is 9.15. The third kappa shape index (κ3) is 5.26. The molecule has 0 saturated carbocycles. The Morgan fingerprint density at radius 1 is 1.06 bits per heavy atom. The van der Waals surface area contributed by atoms with Crippen molar-refractivity contribution >= 4 is 28.8 Å². The van der Waals surface area contributed by atoms with Gasteiger partial charge in [0.05, 0.1) is 5.69 Å². The number of thiazole rings is 1. The van der Waals surface area contributed by atoms with Crippen LogP contribution in [-0.4, -0.2) is 32.6 Å². The Bertz CT molecular complexity index is 1320. The van der Waals surface area contributed by atoms with Crippen LogP contribution in [0.25, 0.3) is 22.8 Å². The van der Waals surface area contributed by atoms with Gasteiger partial charge < -0.3 is 9.84 Å². The Balaban J connectivity index is 1.45. The zero-order chi connectivity index (χ0) is 24.5. The molecule has 34 heavy (non-hydrogen) atoms. The van der Waals surface area contributed by atoms with E-state index < -0.39 is 23.4 Å². The summed E-state index contributed by atoms with van der Waals surface area (Å²) in [4.78, 5) is 24.8. The molecule has 3 aromatic heterocycles. The molecule has 176 valence electrons. The van der Waals surface area contributed by atoms with Gasteiger partial charge in [-0.25, -0.2) is 9.97 Å². The van der Waals surface area contributed by atoms with Crippen LogP contribution >= 0.6 is 22.9 Å². The fraction of sp³-hybridized carbons (Fsp3) is 0.227. The molecular formula is C22H17ClF3N5O2S. The first-order valence-corrected chi connectivity index (χ1v) is 11.2. The number of amides is 1. The molecule has 1 amide bonds. The molecule has 0 bridgehead atoms. The largest absolute Gasteiger partial charge is 0.471 e. The number of hydrogen-bond acceptors (Lipinski definition) is 7. The number of carbonyl (C=O) groups excluding carboxylic acids is 1. The molecule has 0 aliphatic heterocycles. The highest BCUT2D eigenvalue weighted by atomic mass is 35.5. The summed E-state index contributed by atoms with van der Waals surface area (Å²) in [5.41, 5.74) is 1.25. The molecule has 0 fully saturated rings. The van der Waals surface area contributed by atoms with Crippen molar-refractivity contribution in [3.63, 3.8) is 0 Å². The lowest BCUT2D eigenvalue weighted by Gasteiger charge is -2.22. The maximum absolute atomic E-state index is 12.7. The van der Waals surface area contributed by atoms with Crippen LogP contribution < -0.4 is 5.32 Å². The highest BCUT2D eigenvalue weighted by molar-refractivity contribution is 7.10. The average Bonchev–Trinajstić information content (AvgIpc) is 3.49. The Kier molecular flexibility index (Phi) is 6.41. The highest BCUT2D eigenvalue weighted by Crippen LogP contribution is 2.31. The van der Waals surface area contributed by atoms with E-state index in [-0.39, 0.29) is 23.8 Å². The number of nitrogens with zero attached hydrogens (tertiary/aromatic N) is 4. The molecule has 0 atom stereocenters. The predicted molar refractivity (Wildman–Crippen MR) is 120 cm³/mol. The summed E-state index contributed by atoms with van der Waals surface area (Å²) in [5, 5.41) is 9.50. The molecule has 3 heterocycles. The zero-order valence-corrected chi connectivity index (χ0v) is 19.4. The number of pyridine rings is 1. The lowest BCUT2D eigenvalue weighted by Crippen LogP contribution is -2.37. The van der Waals surface area contributed by atoms with Gasteiger partial charge >= 0.3 is 12.1 Å². The van der Waals surface area contributed by atoms with Crippen LogP contribution in [-0.2, 0) is 11.6 Å². The number of benzene rings is 1. The zero-order valence-electron chi connectivity index (χ0n) is 17.9. The first kappa shape index (κ1) is 23.8. The maximum Gasteiger partial charge on any atom is 0.471 e. The van der Waals surface area contributed by atoms with Crippen molar-refractivity contribution in [3.8, 4) is 22.8 Å². The summed E-state index contributed by atoms with van der Waals surface area (Å²) in [7, 11) is 0. The normalized spacial score (nSPS) is 12.1. The van der Waals surface area contributed by atoms with E-state index in [1.165, 1.54) is 29.5 Å². The topological polar surface area (TPSA) is 93.8 Å². The van der Waals surface area contributed by atoms with E-state index in [4.69, 9.17) is 16.6 Å². The molecule has 0 unspecified atom stereocenters. The Morgan fingerprint density at radius 2 is 1.79 bits per heavy atom. The molecule has 4 aromatic rings. The van der Waals surface area contributed by atoms with Crippen molar-refractivity contribution in [2.24, 2.45) is 0 Å². The van der Waals surface area contributed by atoms with E-state index in [2.05, 4.69) is 25.0 Å². The Labute approximate surface area is 201 Å². The average molecular weight is 508 g/mol. The summed E-state index contributed by atoms with van der Waals surface area (Å²) >= 11 is 7.42. The molecule has 7 nitrogen and oxygen atoms in total. The Hall–Kier alpha value is -3.31. The smallest absolute Gasteiger partial charge is 0.350 e. The minimum atomic E-state index is -4.77. The lowest BCUT2D eigenvalue weighted by molar-refractivity contribution is -0.159. The van der Waals surface area contributed by atoms with E-state index in [0.717, 1.165) is 16.3 Å². The van der Waals surface area contributed by atoms with Gasteiger partial charge in [0, 0.05) is 27.9 Å². The molecule has 0 radical (unpaired) electrons. The number of carbonyl (C=O) groups is 1. The maximum atomic E-state index is 12.7. The van der Waals surface area contributed by atoms with Crippen molar-refractivity contribution in [2.75, 3.05) is 6.54 Å². The van der Waals surface area contributed by atoms with Crippen LogP contribution in [0.5, 0.6) is 0 Å². The predicted octanol–water partition coefficient (Wildman–Crippen LogP) is 5.63.